The van der Waals surface area contributed by atoms with E-state index in [1.54, 1.807) is 13.8 Å². The Morgan fingerprint density at radius 1 is 1.21 bits per heavy atom. The third-order valence-electron chi connectivity index (χ3n) is 8.20. The summed E-state index contributed by atoms with van der Waals surface area (Å²) in [5, 5.41) is 29.6. The molecule has 0 radical (unpaired) electrons. The number of carbonyl (C=O) groups excluding carboxylic acids is 2. The molecule has 0 aromatic heterocycles. The van der Waals surface area contributed by atoms with Crippen LogP contribution in [0.15, 0.2) is 47.6 Å². The van der Waals surface area contributed by atoms with E-state index in [2.05, 4.69) is 13.0 Å². The standard InChI is InChI=1S/C26H33NO6/c1-24(2,30)20-14-16-6-11-22-25(3,19(16)15-21(20)28)12-5-13-26(22,4)23(29)33-18-9-7-17(8-10-18)27(31)32/h6-10,14,19,22,27,30-31H,5,11-13,15H2,1-4H3. The van der Waals surface area contributed by atoms with Gasteiger partial charge in [0.2, 0.25) is 0 Å². The maximum Gasteiger partial charge on any atom is 0.317 e. The Balaban J connectivity index is 1.62. The quantitative estimate of drug-likeness (QED) is 0.364. The van der Waals surface area contributed by atoms with E-state index >= 15 is 0 Å². The van der Waals surface area contributed by atoms with Gasteiger partial charge < -0.3 is 15.1 Å². The number of hydrogen-bond acceptors (Lipinski definition) is 6. The number of quaternary nitrogens is 1. The lowest BCUT2D eigenvalue weighted by Gasteiger charge is -2.57. The van der Waals surface area contributed by atoms with Crippen molar-refractivity contribution in [2.75, 3.05) is 0 Å². The average molecular weight is 456 g/mol. The van der Waals surface area contributed by atoms with Crippen LogP contribution in [0.2, 0.25) is 0 Å². The fourth-order valence-corrected chi connectivity index (χ4v) is 6.34. The van der Waals surface area contributed by atoms with Crippen molar-refractivity contribution in [3.8, 4) is 5.75 Å². The van der Waals surface area contributed by atoms with Crippen LogP contribution in [0.25, 0.3) is 0 Å². The molecule has 1 aromatic carbocycles. The predicted molar refractivity (Wildman–Crippen MR) is 122 cm³/mol. The molecule has 5 atom stereocenters. The number of aliphatic hydroxyl groups is 1. The molecule has 0 amide bonds. The zero-order valence-electron chi connectivity index (χ0n) is 19.7. The highest BCUT2D eigenvalue weighted by atomic mass is 16.8. The molecule has 1 saturated carbocycles. The summed E-state index contributed by atoms with van der Waals surface area (Å²) in [6.07, 6.45) is 7.53. The number of ether oxygens (including phenoxy) is 1. The summed E-state index contributed by atoms with van der Waals surface area (Å²) in [4.78, 5) is 26.4. The van der Waals surface area contributed by atoms with Crippen LogP contribution >= 0.6 is 0 Å². The van der Waals surface area contributed by atoms with Crippen LogP contribution in [0, 0.1) is 27.9 Å². The minimum absolute atomic E-state index is 0.0112. The maximum absolute atomic E-state index is 13.4. The monoisotopic (exact) mass is 455 g/mol. The smallest absolute Gasteiger partial charge is 0.317 e. The number of esters is 1. The second kappa shape index (κ2) is 8.17. The fourth-order valence-electron chi connectivity index (χ4n) is 6.34. The first kappa shape index (κ1) is 23.8. The molecule has 5 unspecified atom stereocenters. The van der Waals surface area contributed by atoms with Gasteiger partial charge in [-0.15, -0.1) is 0 Å². The van der Waals surface area contributed by atoms with Crippen LogP contribution in [-0.2, 0) is 9.59 Å². The highest BCUT2D eigenvalue weighted by Gasteiger charge is 2.58. The molecule has 178 valence electrons. The maximum atomic E-state index is 13.4. The van der Waals surface area contributed by atoms with Crippen molar-refractivity contribution in [2.45, 2.75) is 65.4 Å². The Kier molecular flexibility index (Phi) is 5.90. The lowest BCUT2D eigenvalue weighted by atomic mass is 9.46. The van der Waals surface area contributed by atoms with Gasteiger partial charge in [-0.1, -0.05) is 19.4 Å². The SMILES string of the molecule is CC(C)(O)C1=CC2=CCC3C(C)(C(=O)Oc4ccc([NH+]([O-])O)cc4)CCCC3(C)C2CC1=O. The van der Waals surface area contributed by atoms with Crippen LogP contribution in [-0.4, -0.2) is 27.7 Å². The van der Waals surface area contributed by atoms with Gasteiger partial charge in [-0.2, -0.15) is 5.23 Å². The number of hydrogen-bond donors (Lipinski definition) is 3. The third-order valence-corrected chi connectivity index (χ3v) is 8.20. The molecule has 7 heteroatoms. The predicted octanol–water partition coefficient (Wildman–Crippen LogP) is 3.42. The zero-order chi connectivity index (χ0) is 24.2. The molecule has 0 saturated heterocycles. The van der Waals surface area contributed by atoms with E-state index in [0.29, 0.717) is 30.6 Å². The zero-order valence-corrected chi connectivity index (χ0v) is 19.7. The van der Waals surface area contributed by atoms with Gasteiger partial charge in [0, 0.05) is 24.1 Å². The molecule has 33 heavy (non-hydrogen) atoms. The number of fused-ring (bicyclic) bond motifs is 3. The minimum Gasteiger partial charge on any atom is -0.595 e. The summed E-state index contributed by atoms with van der Waals surface area (Å²) >= 11 is 0. The number of carbonyl (C=O) groups is 2. The molecular weight excluding hydrogens is 422 g/mol. The van der Waals surface area contributed by atoms with Crippen LogP contribution in [0.5, 0.6) is 5.75 Å². The lowest BCUT2D eigenvalue weighted by Crippen LogP contribution is -2.99. The molecule has 7 nitrogen and oxygen atoms in total. The molecule has 3 N–H and O–H groups in total. The second-order valence-electron chi connectivity index (χ2n) is 10.8. The Morgan fingerprint density at radius 2 is 1.88 bits per heavy atom. The van der Waals surface area contributed by atoms with Crippen molar-refractivity contribution in [1.29, 1.82) is 0 Å². The van der Waals surface area contributed by atoms with Gasteiger partial charge in [-0.3, -0.25) is 9.59 Å². The van der Waals surface area contributed by atoms with Crippen molar-refractivity contribution in [2.24, 2.45) is 22.7 Å². The average Bonchev–Trinajstić information content (AvgIpc) is 2.73. The van der Waals surface area contributed by atoms with Crippen molar-refractivity contribution >= 4 is 17.4 Å². The van der Waals surface area contributed by atoms with Gasteiger partial charge in [-0.05, 0) is 81.1 Å². The Labute approximate surface area is 194 Å². The van der Waals surface area contributed by atoms with Crippen LogP contribution in [0.3, 0.4) is 0 Å². The molecule has 1 fully saturated rings. The van der Waals surface area contributed by atoms with E-state index in [1.165, 1.54) is 24.3 Å². The molecule has 3 aliphatic rings. The summed E-state index contributed by atoms with van der Waals surface area (Å²) in [6.45, 7) is 7.44. The second-order valence-corrected chi connectivity index (χ2v) is 10.8. The molecular formula is C26H33NO6. The summed E-state index contributed by atoms with van der Waals surface area (Å²) in [5.41, 5.74) is -0.453. The number of rotatable bonds is 4. The normalized spacial score (nSPS) is 32.8. The fraction of sp³-hybridized carbons (Fsp3) is 0.538. The highest BCUT2D eigenvalue weighted by molar-refractivity contribution is 5.99. The van der Waals surface area contributed by atoms with Gasteiger partial charge in [-0.25, -0.2) is 5.21 Å². The van der Waals surface area contributed by atoms with Crippen LogP contribution in [0.1, 0.15) is 59.8 Å². The van der Waals surface area contributed by atoms with Gasteiger partial charge in [0.25, 0.3) is 0 Å². The van der Waals surface area contributed by atoms with Crippen LogP contribution < -0.4 is 9.96 Å². The first-order valence-corrected chi connectivity index (χ1v) is 11.6. The van der Waals surface area contributed by atoms with E-state index in [-0.39, 0.29) is 34.7 Å². The summed E-state index contributed by atoms with van der Waals surface area (Å²) < 4.78 is 5.74. The van der Waals surface area contributed by atoms with Gasteiger partial charge in [0.05, 0.1) is 11.0 Å². The number of allylic oxidation sites excluding steroid dienone is 3. The third kappa shape index (κ3) is 4.08. The summed E-state index contributed by atoms with van der Waals surface area (Å²) in [6, 6.07) is 5.87. The molecule has 0 aliphatic heterocycles. The van der Waals surface area contributed by atoms with Crippen molar-refractivity contribution in [1.82, 2.24) is 0 Å². The topological polar surface area (TPSA) is 111 Å². The molecule has 4 rings (SSSR count). The van der Waals surface area contributed by atoms with E-state index in [4.69, 9.17) is 9.94 Å². The Hall–Kier alpha value is -2.32. The molecule has 0 bridgehead atoms. The minimum atomic E-state index is -1.18. The molecule has 0 heterocycles. The lowest BCUT2D eigenvalue weighted by molar-refractivity contribution is -0.991. The molecule has 0 spiro atoms. The first-order valence-electron chi connectivity index (χ1n) is 11.6. The van der Waals surface area contributed by atoms with Crippen LogP contribution in [0.4, 0.5) is 5.69 Å². The molecule has 3 aliphatic carbocycles. The van der Waals surface area contributed by atoms with Crippen molar-refractivity contribution in [3.05, 3.63) is 52.8 Å². The highest BCUT2D eigenvalue weighted by Crippen LogP contribution is 2.62. The molecule has 1 aromatic rings. The van der Waals surface area contributed by atoms with Gasteiger partial charge in [0.15, 0.2) is 11.5 Å². The largest absolute Gasteiger partial charge is 0.595 e. The summed E-state index contributed by atoms with van der Waals surface area (Å²) in [5.74, 6) is 0.0181. The number of nitrogens with one attached hydrogen (secondary N) is 1. The van der Waals surface area contributed by atoms with E-state index in [9.17, 15) is 19.9 Å². The number of benzene rings is 1. The van der Waals surface area contributed by atoms with Gasteiger partial charge >= 0.3 is 5.97 Å². The Bertz CT molecular complexity index is 1020. The number of ketones is 1. The van der Waals surface area contributed by atoms with Crippen molar-refractivity contribution in [3.63, 3.8) is 0 Å². The summed E-state index contributed by atoms with van der Waals surface area (Å²) in [7, 11) is 0. The van der Waals surface area contributed by atoms with Gasteiger partial charge in [0.1, 0.15) is 5.75 Å². The van der Waals surface area contributed by atoms with E-state index in [1.807, 2.05) is 13.0 Å². The first-order chi connectivity index (χ1) is 15.4. The van der Waals surface area contributed by atoms with E-state index in [0.717, 1.165) is 18.4 Å². The Morgan fingerprint density at radius 3 is 2.48 bits per heavy atom. The van der Waals surface area contributed by atoms with Crippen molar-refractivity contribution < 1.29 is 29.9 Å². The van der Waals surface area contributed by atoms with E-state index < -0.39 is 16.2 Å². The number of Topliss-reactive ketones (excluding diaryl/α,β-unsaturated/α-hetero) is 1.